The van der Waals surface area contributed by atoms with Gasteiger partial charge < -0.3 is 10.1 Å². The maximum absolute atomic E-state index is 9.94. The molecule has 0 amide bonds. The Morgan fingerprint density at radius 3 is 2.67 bits per heavy atom. The van der Waals surface area contributed by atoms with E-state index in [2.05, 4.69) is 11.4 Å². The van der Waals surface area contributed by atoms with Gasteiger partial charge in [-0.15, -0.1) is 0 Å². The van der Waals surface area contributed by atoms with Crippen molar-refractivity contribution in [3.63, 3.8) is 0 Å². The molecule has 3 rings (SSSR count). The topological polar surface area (TPSA) is 45.0 Å². The van der Waals surface area contributed by atoms with E-state index in [1.54, 1.807) is 0 Å². The van der Waals surface area contributed by atoms with Gasteiger partial charge in [-0.3, -0.25) is 0 Å². The number of nitrogens with one attached hydrogen (secondary N) is 1. The summed E-state index contributed by atoms with van der Waals surface area (Å²) >= 11 is 0. The molecule has 2 aromatic rings. The molecule has 3 nitrogen and oxygen atoms in total. The van der Waals surface area contributed by atoms with Gasteiger partial charge in [0.15, 0.2) is 5.54 Å². The summed E-state index contributed by atoms with van der Waals surface area (Å²) in [5, 5.41) is 13.4. The van der Waals surface area contributed by atoms with E-state index < -0.39 is 5.54 Å². The van der Waals surface area contributed by atoms with Crippen molar-refractivity contribution >= 4 is 5.69 Å². The maximum Gasteiger partial charge on any atom is 0.160 e. The van der Waals surface area contributed by atoms with Crippen molar-refractivity contribution in [2.75, 3.05) is 11.9 Å². The highest BCUT2D eigenvalue weighted by atomic mass is 16.5. The van der Waals surface area contributed by atoms with Gasteiger partial charge in [0.25, 0.3) is 0 Å². The smallest absolute Gasteiger partial charge is 0.160 e. The molecule has 0 saturated heterocycles. The van der Waals surface area contributed by atoms with Crippen LogP contribution in [-0.4, -0.2) is 6.61 Å². The molecule has 2 unspecified atom stereocenters. The Bertz CT molecular complexity index is 704. The highest BCUT2D eigenvalue weighted by Crippen LogP contribution is 2.42. The van der Waals surface area contributed by atoms with Gasteiger partial charge in [0, 0.05) is 17.2 Å². The average molecular weight is 278 g/mol. The zero-order valence-corrected chi connectivity index (χ0v) is 12.3. The number of ether oxygens (including phenoxy) is 1. The van der Waals surface area contributed by atoms with Gasteiger partial charge in [0.05, 0.1) is 12.7 Å². The Labute approximate surface area is 125 Å². The van der Waals surface area contributed by atoms with Gasteiger partial charge in [-0.25, -0.2) is 0 Å². The predicted molar refractivity (Wildman–Crippen MR) is 83.2 cm³/mol. The summed E-state index contributed by atoms with van der Waals surface area (Å²) in [6.45, 7) is 4.62. The fourth-order valence-electron chi connectivity index (χ4n) is 2.84. The van der Waals surface area contributed by atoms with Crippen LogP contribution in [0.1, 0.15) is 18.1 Å². The van der Waals surface area contributed by atoms with Crippen LogP contribution >= 0.6 is 0 Å². The van der Waals surface area contributed by atoms with Crippen LogP contribution in [-0.2, 0) is 5.54 Å². The van der Waals surface area contributed by atoms with Gasteiger partial charge in [-0.05, 0) is 24.6 Å². The normalized spacial score (nSPS) is 23.6. The molecule has 0 saturated carbocycles. The summed E-state index contributed by atoms with van der Waals surface area (Å²) in [6.07, 6.45) is 0. The molecule has 3 heteroatoms. The van der Waals surface area contributed by atoms with Crippen molar-refractivity contribution in [2.24, 2.45) is 5.92 Å². The third-order valence-corrected chi connectivity index (χ3v) is 4.19. The molecule has 106 valence electrons. The molecule has 0 aliphatic carbocycles. The van der Waals surface area contributed by atoms with E-state index >= 15 is 0 Å². The number of nitriles is 1. The zero-order valence-electron chi connectivity index (χ0n) is 12.3. The summed E-state index contributed by atoms with van der Waals surface area (Å²) in [5.41, 5.74) is 2.27. The van der Waals surface area contributed by atoms with Crippen LogP contribution in [0.25, 0.3) is 0 Å². The van der Waals surface area contributed by atoms with Crippen LogP contribution in [0.3, 0.4) is 0 Å². The largest absolute Gasteiger partial charge is 0.493 e. The van der Waals surface area contributed by atoms with Gasteiger partial charge >= 0.3 is 0 Å². The fraction of sp³-hybridized carbons (Fsp3) is 0.278. The molecule has 1 aliphatic rings. The molecule has 1 heterocycles. The number of fused-ring (bicyclic) bond motifs is 1. The second-order valence-electron chi connectivity index (χ2n) is 5.57. The Morgan fingerprint density at radius 2 is 1.90 bits per heavy atom. The first kappa shape index (κ1) is 13.5. The summed E-state index contributed by atoms with van der Waals surface area (Å²) in [6, 6.07) is 18.3. The summed E-state index contributed by atoms with van der Waals surface area (Å²) in [4.78, 5) is 0. The number of rotatable bonds is 2. The lowest BCUT2D eigenvalue weighted by Gasteiger charge is -2.40. The first-order valence-electron chi connectivity index (χ1n) is 7.15. The lowest BCUT2D eigenvalue weighted by atomic mass is 9.78. The molecule has 0 radical (unpaired) electrons. The Morgan fingerprint density at radius 1 is 1.19 bits per heavy atom. The van der Waals surface area contributed by atoms with Crippen LogP contribution < -0.4 is 10.1 Å². The van der Waals surface area contributed by atoms with Crippen LogP contribution in [0.5, 0.6) is 5.75 Å². The predicted octanol–water partition coefficient (Wildman–Crippen LogP) is 3.85. The van der Waals surface area contributed by atoms with Crippen LogP contribution in [0.15, 0.2) is 48.5 Å². The molecular weight excluding hydrogens is 260 g/mol. The highest BCUT2D eigenvalue weighted by molar-refractivity contribution is 5.59. The van der Waals surface area contributed by atoms with Crippen molar-refractivity contribution in [3.8, 4) is 11.8 Å². The number of anilines is 1. The lowest BCUT2D eigenvalue weighted by Crippen LogP contribution is -2.46. The molecule has 2 atom stereocenters. The standard InChI is InChI=1S/C18H18N2O/c1-13-7-3-5-9-16(13)20-18(12-19)14(2)11-21-17-10-6-4-8-15(17)18/h3-10,14,20H,11H2,1-2H3. The zero-order chi connectivity index (χ0) is 14.9. The van der Waals surface area contributed by atoms with Crippen LogP contribution in [0.2, 0.25) is 0 Å². The fourth-order valence-corrected chi connectivity index (χ4v) is 2.84. The van der Waals surface area contributed by atoms with E-state index in [9.17, 15) is 5.26 Å². The minimum absolute atomic E-state index is 0.0528. The van der Waals surface area contributed by atoms with Crippen molar-refractivity contribution in [3.05, 3.63) is 59.7 Å². The van der Waals surface area contributed by atoms with Crippen molar-refractivity contribution in [1.82, 2.24) is 0 Å². The van der Waals surface area contributed by atoms with Gasteiger partial charge in [-0.2, -0.15) is 5.26 Å². The summed E-state index contributed by atoms with van der Waals surface area (Å²) < 4.78 is 5.77. The van der Waals surface area contributed by atoms with E-state index in [1.807, 2.05) is 62.4 Å². The number of hydrogen-bond donors (Lipinski definition) is 1. The monoisotopic (exact) mass is 278 g/mol. The average Bonchev–Trinajstić information content (AvgIpc) is 2.52. The summed E-state index contributed by atoms with van der Waals surface area (Å²) in [5.74, 6) is 0.843. The van der Waals surface area contributed by atoms with Gasteiger partial charge in [0.2, 0.25) is 0 Å². The molecule has 0 bridgehead atoms. The molecular formula is C18H18N2O. The first-order chi connectivity index (χ1) is 10.2. The number of benzene rings is 2. The Balaban J connectivity index is 2.12. The quantitative estimate of drug-likeness (QED) is 0.907. The van der Waals surface area contributed by atoms with Gasteiger partial charge in [-0.1, -0.05) is 43.3 Å². The molecule has 2 aromatic carbocycles. The summed E-state index contributed by atoms with van der Waals surface area (Å²) in [7, 11) is 0. The molecule has 1 N–H and O–H groups in total. The lowest BCUT2D eigenvalue weighted by molar-refractivity contribution is 0.186. The SMILES string of the molecule is Cc1ccccc1NC1(C#N)c2ccccc2OCC1C. The number of hydrogen-bond acceptors (Lipinski definition) is 3. The van der Waals surface area contributed by atoms with Crippen molar-refractivity contribution < 1.29 is 4.74 Å². The molecule has 1 aliphatic heterocycles. The number of nitrogens with zero attached hydrogens (tertiary/aromatic N) is 1. The van der Waals surface area contributed by atoms with Crippen molar-refractivity contribution in [2.45, 2.75) is 19.4 Å². The van der Waals surface area contributed by atoms with E-state index in [1.165, 1.54) is 0 Å². The van der Waals surface area contributed by atoms with Crippen molar-refractivity contribution in [1.29, 1.82) is 5.26 Å². The minimum atomic E-state index is -0.763. The van der Waals surface area contributed by atoms with E-state index in [0.717, 1.165) is 22.6 Å². The molecule has 21 heavy (non-hydrogen) atoms. The van der Waals surface area contributed by atoms with E-state index in [0.29, 0.717) is 6.61 Å². The number of para-hydroxylation sites is 2. The van der Waals surface area contributed by atoms with E-state index in [-0.39, 0.29) is 5.92 Å². The Kier molecular flexibility index (Phi) is 3.31. The molecule has 0 aromatic heterocycles. The number of aryl methyl sites for hydroxylation is 1. The molecule has 0 fully saturated rings. The molecule has 0 spiro atoms. The maximum atomic E-state index is 9.94. The highest BCUT2D eigenvalue weighted by Gasteiger charge is 2.44. The van der Waals surface area contributed by atoms with Gasteiger partial charge in [0.1, 0.15) is 5.75 Å². The third kappa shape index (κ3) is 2.13. The van der Waals surface area contributed by atoms with E-state index in [4.69, 9.17) is 4.74 Å². The first-order valence-corrected chi connectivity index (χ1v) is 7.15. The Hall–Kier alpha value is -2.47. The second-order valence-corrected chi connectivity index (χ2v) is 5.57. The van der Waals surface area contributed by atoms with Crippen LogP contribution in [0.4, 0.5) is 5.69 Å². The van der Waals surface area contributed by atoms with Crippen LogP contribution in [0, 0.1) is 24.2 Å². The second kappa shape index (κ2) is 5.14. The third-order valence-electron chi connectivity index (χ3n) is 4.19. The minimum Gasteiger partial charge on any atom is -0.493 e.